The molecule has 0 amide bonds. The number of nitrogens with two attached hydrogens (primary N) is 1. The quantitative estimate of drug-likeness (QED) is 0.599. The summed E-state index contributed by atoms with van der Waals surface area (Å²) in [7, 11) is 0. The molecule has 3 N–H and O–H groups in total. The SMILES string of the molecule is Cc1cccc(C(=O)OCCC(C)O)c1N. The summed E-state index contributed by atoms with van der Waals surface area (Å²) in [5.74, 6) is -0.443. The fraction of sp³-hybridized carbons (Fsp3) is 0.417. The van der Waals surface area contributed by atoms with Crippen LogP contribution in [0.15, 0.2) is 18.2 Å². The van der Waals surface area contributed by atoms with Crippen molar-refractivity contribution in [3.8, 4) is 0 Å². The molecule has 1 atom stereocenters. The number of aliphatic hydroxyl groups excluding tert-OH is 1. The maximum Gasteiger partial charge on any atom is 0.340 e. The lowest BCUT2D eigenvalue weighted by atomic mass is 10.1. The Morgan fingerprint density at radius 3 is 2.88 bits per heavy atom. The van der Waals surface area contributed by atoms with Crippen molar-refractivity contribution in [2.75, 3.05) is 12.3 Å². The molecule has 4 nitrogen and oxygen atoms in total. The standard InChI is InChI=1S/C12H17NO3/c1-8-4-3-5-10(11(8)13)12(15)16-7-6-9(2)14/h3-5,9,14H,6-7,13H2,1-2H3. The lowest BCUT2D eigenvalue weighted by molar-refractivity contribution is 0.0445. The molecule has 0 radical (unpaired) electrons. The Balaban J connectivity index is 2.63. The van der Waals surface area contributed by atoms with Crippen molar-refractivity contribution in [2.45, 2.75) is 26.4 Å². The van der Waals surface area contributed by atoms with E-state index < -0.39 is 12.1 Å². The van der Waals surface area contributed by atoms with Crippen molar-refractivity contribution in [1.29, 1.82) is 0 Å². The number of esters is 1. The lowest BCUT2D eigenvalue weighted by Gasteiger charge is -2.09. The van der Waals surface area contributed by atoms with Crippen LogP contribution in [0.1, 0.15) is 29.3 Å². The summed E-state index contributed by atoms with van der Waals surface area (Å²) < 4.78 is 5.00. The number of ether oxygens (including phenoxy) is 1. The van der Waals surface area contributed by atoms with E-state index >= 15 is 0 Å². The highest BCUT2D eigenvalue weighted by molar-refractivity contribution is 5.95. The number of carbonyl (C=O) groups is 1. The van der Waals surface area contributed by atoms with Gasteiger partial charge in [-0.25, -0.2) is 4.79 Å². The first-order chi connectivity index (χ1) is 7.52. The van der Waals surface area contributed by atoms with Crippen molar-refractivity contribution >= 4 is 11.7 Å². The van der Waals surface area contributed by atoms with E-state index in [1.807, 2.05) is 13.0 Å². The van der Waals surface area contributed by atoms with Gasteiger partial charge in [0.05, 0.1) is 18.3 Å². The zero-order chi connectivity index (χ0) is 12.1. The number of carbonyl (C=O) groups excluding carboxylic acids is 1. The number of aliphatic hydroxyl groups is 1. The first-order valence-electron chi connectivity index (χ1n) is 5.22. The van der Waals surface area contributed by atoms with Crippen LogP contribution in [-0.4, -0.2) is 23.8 Å². The van der Waals surface area contributed by atoms with Crippen LogP contribution in [0, 0.1) is 6.92 Å². The van der Waals surface area contributed by atoms with Gasteiger partial charge in [-0.05, 0) is 25.5 Å². The molecule has 0 fully saturated rings. The van der Waals surface area contributed by atoms with E-state index in [4.69, 9.17) is 15.6 Å². The van der Waals surface area contributed by atoms with Gasteiger partial charge < -0.3 is 15.6 Å². The molecule has 0 saturated heterocycles. The Morgan fingerprint density at radius 2 is 2.25 bits per heavy atom. The summed E-state index contributed by atoms with van der Waals surface area (Å²) in [5, 5.41) is 9.02. The fourth-order valence-electron chi connectivity index (χ4n) is 1.26. The third-order valence-corrected chi connectivity index (χ3v) is 2.31. The van der Waals surface area contributed by atoms with Crippen LogP contribution in [0.3, 0.4) is 0 Å². The molecule has 0 heterocycles. The van der Waals surface area contributed by atoms with Crippen molar-refractivity contribution < 1.29 is 14.6 Å². The van der Waals surface area contributed by atoms with Crippen LogP contribution < -0.4 is 5.73 Å². The van der Waals surface area contributed by atoms with Crippen molar-refractivity contribution in [1.82, 2.24) is 0 Å². The number of rotatable bonds is 4. The van der Waals surface area contributed by atoms with Crippen LogP contribution in [0.25, 0.3) is 0 Å². The van der Waals surface area contributed by atoms with Gasteiger partial charge in [0.1, 0.15) is 0 Å². The Morgan fingerprint density at radius 1 is 1.56 bits per heavy atom. The summed E-state index contributed by atoms with van der Waals surface area (Å²) in [6.45, 7) is 3.68. The molecule has 0 aliphatic heterocycles. The van der Waals surface area contributed by atoms with Gasteiger partial charge in [-0.2, -0.15) is 0 Å². The van der Waals surface area contributed by atoms with E-state index in [2.05, 4.69) is 0 Å². The number of hydrogen-bond acceptors (Lipinski definition) is 4. The Bertz CT molecular complexity index is 375. The second-order valence-corrected chi connectivity index (χ2v) is 3.81. The average molecular weight is 223 g/mol. The van der Waals surface area contributed by atoms with E-state index in [0.717, 1.165) is 5.56 Å². The Hall–Kier alpha value is -1.55. The first kappa shape index (κ1) is 12.5. The second-order valence-electron chi connectivity index (χ2n) is 3.81. The van der Waals surface area contributed by atoms with Gasteiger partial charge in [0, 0.05) is 12.1 Å². The van der Waals surface area contributed by atoms with E-state index in [0.29, 0.717) is 17.7 Å². The first-order valence-corrected chi connectivity index (χ1v) is 5.22. The minimum absolute atomic E-state index is 0.198. The van der Waals surface area contributed by atoms with Gasteiger partial charge in [-0.15, -0.1) is 0 Å². The highest BCUT2D eigenvalue weighted by Gasteiger charge is 2.12. The second kappa shape index (κ2) is 5.51. The molecule has 1 aromatic carbocycles. The molecular weight excluding hydrogens is 206 g/mol. The van der Waals surface area contributed by atoms with Gasteiger partial charge in [0.25, 0.3) is 0 Å². The van der Waals surface area contributed by atoms with Gasteiger partial charge in [-0.3, -0.25) is 0 Å². The van der Waals surface area contributed by atoms with Gasteiger partial charge in [0.2, 0.25) is 0 Å². The number of nitrogen functional groups attached to an aromatic ring is 1. The van der Waals surface area contributed by atoms with Crippen LogP contribution >= 0.6 is 0 Å². The van der Waals surface area contributed by atoms with Crippen molar-refractivity contribution in [3.05, 3.63) is 29.3 Å². The third kappa shape index (κ3) is 3.24. The minimum atomic E-state index is -0.470. The molecule has 0 aliphatic rings. The normalized spacial score (nSPS) is 12.2. The number of benzene rings is 1. The number of aryl methyl sites for hydroxylation is 1. The molecule has 16 heavy (non-hydrogen) atoms. The predicted octanol–water partition coefficient (Wildman–Crippen LogP) is 1.50. The Kier molecular flexibility index (Phi) is 4.31. The summed E-state index contributed by atoms with van der Waals surface area (Å²) >= 11 is 0. The molecule has 0 aromatic heterocycles. The molecule has 0 bridgehead atoms. The van der Waals surface area contributed by atoms with Crippen LogP contribution in [0.2, 0.25) is 0 Å². The highest BCUT2D eigenvalue weighted by atomic mass is 16.5. The monoisotopic (exact) mass is 223 g/mol. The van der Waals surface area contributed by atoms with Gasteiger partial charge in [0.15, 0.2) is 0 Å². The predicted molar refractivity (Wildman–Crippen MR) is 62.2 cm³/mol. The molecule has 0 saturated carbocycles. The van der Waals surface area contributed by atoms with Crippen LogP contribution in [0.4, 0.5) is 5.69 Å². The largest absolute Gasteiger partial charge is 0.462 e. The molecular formula is C12H17NO3. The van der Waals surface area contributed by atoms with Gasteiger partial charge >= 0.3 is 5.97 Å². The van der Waals surface area contributed by atoms with Crippen molar-refractivity contribution in [3.63, 3.8) is 0 Å². The highest BCUT2D eigenvalue weighted by Crippen LogP contribution is 2.17. The lowest BCUT2D eigenvalue weighted by Crippen LogP contribution is -2.13. The average Bonchev–Trinajstić information content (AvgIpc) is 2.21. The van der Waals surface area contributed by atoms with Crippen LogP contribution in [-0.2, 0) is 4.74 Å². The van der Waals surface area contributed by atoms with E-state index in [-0.39, 0.29) is 6.61 Å². The third-order valence-electron chi connectivity index (χ3n) is 2.31. The van der Waals surface area contributed by atoms with Gasteiger partial charge in [-0.1, -0.05) is 12.1 Å². The Labute approximate surface area is 95.0 Å². The zero-order valence-corrected chi connectivity index (χ0v) is 9.56. The molecule has 1 aromatic rings. The summed E-state index contributed by atoms with van der Waals surface area (Å²) in [6, 6.07) is 5.23. The molecule has 1 unspecified atom stereocenters. The molecule has 0 aliphatic carbocycles. The van der Waals surface area contributed by atoms with Crippen molar-refractivity contribution in [2.24, 2.45) is 0 Å². The number of anilines is 1. The van der Waals surface area contributed by atoms with E-state index in [1.54, 1.807) is 19.1 Å². The number of hydrogen-bond donors (Lipinski definition) is 2. The summed E-state index contributed by atoms with van der Waals surface area (Å²) in [6.07, 6.45) is -0.0417. The maximum absolute atomic E-state index is 11.6. The maximum atomic E-state index is 11.6. The van der Waals surface area contributed by atoms with E-state index in [9.17, 15) is 4.79 Å². The zero-order valence-electron chi connectivity index (χ0n) is 9.56. The molecule has 88 valence electrons. The molecule has 0 spiro atoms. The molecule has 1 rings (SSSR count). The smallest absolute Gasteiger partial charge is 0.340 e. The fourth-order valence-corrected chi connectivity index (χ4v) is 1.26. The summed E-state index contributed by atoms with van der Waals surface area (Å²) in [4.78, 5) is 11.6. The van der Waals surface area contributed by atoms with E-state index in [1.165, 1.54) is 0 Å². The van der Waals surface area contributed by atoms with Crippen LogP contribution in [0.5, 0.6) is 0 Å². The minimum Gasteiger partial charge on any atom is -0.462 e. The molecule has 4 heteroatoms. The summed E-state index contributed by atoms with van der Waals surface area (Å²) in [5.41, 5.74) is 7.45. The number of para-hydroxylation sites is 1. The topological polar surface area (TPSA) is 72.5 Å².